The van der Waals surface area contributed by atoms with Crippen molar-refractivity contribution in [3.63, 3.8) is 0 Å². The lowest BCUT2D eigenvalue weighted by molar-refractivity contribution is -0.145. The van der Waals surface area contributed by atoms with Gasteiger partial charge in [-0.25, -0.2) is 14.8 Å². The molecule has 0 radical (unpaired) electrons. The number of hydrogen-bond acceptors (Lipinski definition) is 8. The number of alkyl halides is 1. The number of esters is 1. The van der Waals surface area contributed by atoms with Crippen molar-refractivity contribution in [2.24, 2.45) is 23.7 Å². The molecule has 1 amide bonds. The fraction of sp³-hybridized carbons (Fsp3) is 0.750. The third-order valence-corrected chi connectivity index (χ3v) is 8.54. The van der Waals surface area contributed by atoms with Gasteiger partial charge in [-0.2, -0.15) is 0 Å². The van der Waals surface area contributed by atoms with Crippen LogP contribution in [0.2, 0.25) is 0 Å². The van der Waals surface area contributed by atoms with Gasteiger partial charge in [0.25, 0.3) is 0 Å². The van der Waals surface area contributed by atoms with Crippen molar-refractivity contribution >= 4 is 28.0 Å². The lowest BCUT2D eigenvalue weighted by Gasteiger charge is -2.43. The Bertz CT molecular complexity index is 1010. The van der Waals surface area contributed by atoms with Crippen molar-refractivity contribution in [2.75, 3.05) is 41.5 Å². The van der Waals surface area contributed by atoms with E-state index in [4.69, 9.17) is 23.7 Å². The zero-order valence-corrected chi connectivity index (χ0v) is 29.0. The number of rotatable bonds is 15. The molecule has 5 atom stereocenters. The highest BCUT2D eigenvalue weighted by molar-refractivity contribution is 9.09. The molecule has 1 fully saturated rings. The summed E-state index contributed by atoms with van der Waals surface area (Å²) in [7, 11) is 6.97. The summed E-state index contributed by atoms with van der Waals surface area (Å²) in [6.07, 6.45) is 1.38. The van der Waals surface area contributed by atoms with Crippen LogP contribution in [0.15, 0.2) is 18.2 Å². The van der Waals surface area contributed by atoms with E-state index in [-0.39, 0.29) is 40.6 Å². The molecule has 1 aliphatic heterocycles. The van der Waals surface area contributed by atoms with E-state index < -0.39 is 17.7 Å². The van der Waals surface area contributed by atoms with Crippen LogP contribution < -0.4 is 9.47 Å². The van der Waals surface area contributed by atoms with Gasteiger partial charge in [-0.15, -0.1) is 0 Å². The second-order valence-corrected chi connectivity index (χ2v) is 14.1. The van der Waals surface area contributed by atoms with Gasteiger partial charge in [0.15, 0.2) is 11.5 Å². The maximum Gasteiger partial charge on any atom is 0.425 e. The minimum absolute atomic E-state index is 0.0455. The largest absolute Gasteiger partial charge is 0.493 e. The highest BCUT2D eigenvalue weighted by Gasteiger charge is 2.43. The normalized spacial score (nSPS) is 19.5. The topological polar surface area (TPSA) is 86.8 Å². The molecule has 1 saturated heterocycles. The van der Waals surface area contributed by atoms with E-state index in [1.54, 1.807) is 24.2 Å². The summed E-state index contributed by atoms with van der Waals surface area (Å²) in [6, 6.07) is 5.40. The summed E-state index contributed by atoms with van der Waals surface area (Å²) in [5.74, 6) is 1.30. The average Bonchev–Trinajstić information content (AvgIpc) is 3.29. The van der Waals surface area contributed by atoms with Crippen LogP contribution in [0.4, 0.5) is 4.79 Å². The zero-order valence-electron chi connectivity index (χ0n) is 27.4. The fourth-order valence-electron chi connectivity index (χ4n) is 5.35. The van der Waals surface area contributed by atoms with E-state index in [2.05, 4.69) is 43.6 Å². The third kappa shape index (κ3) is 10.0. The van der Waals surface area contributed by atoms with Gasteiger partial charge in [0.1, 0.15) is 11.7 Å². The van der Waals surface area contributed by atoms with E-state index in [0.29, 0.717) is 37.6 Å². The summed E-state index contributed by atoms with van der Waals surface area (Å²) < 4.78 is 28.7. The number of hydrogen-bond donors (Lipinski definition) is 0. The highest BCUT2D eigenvalue weighted by Crippen LogP contribution is 2.43. The van der Waals surface area contributed by atoms with Gasteiger partial charge >= 0.3 is 12.1 Å². The molecule has 9 nitrogen and oxygen atoms in total. The summed E-state index contributed by atoms with van der Waals surface area (Å²) in [6.45, 7) is 15.1. The van der Waals surface area contributed by atoms with Crippen molar-refractivity contribution in [1.82, 2.24) is 10.0 Å². The van der Waals surface area contributed by atoms with E-state index >= 15 is 0 Å². The summed E-state index contributed by atoms with van der Waals surface area (Å²) in [5.41, 5.74) is 0.208. The molecule has 1 aromatic rings. The summed E-state index contributed by atoms with van der Waals surface area (Å²) in [5, 5.41) is 3.47. The van der Waals surface area contributed by atoms with E-state index in [1.807, 2.05) is 53.1 Å². The Kier molecular flexibility index (Phi) is 13.9. The molecule has 0 saturated carbocycles. The van der Waals surface area contributed by atoms with Crippen LogP contribution in [0, 0.1) is 23.7 Å². The Balaban J connectivity index is 2.58. The van der Waals surface area contributed by atoms with Gasteiger partial charge in [0.2, 0.25) is 0 Å². The van der Waals surface area contributed by atoms with Crippen LogP contribution in [-0.4, -0.2) is 80.1 Å². The molecular weight excluding hydrogens is 604 g/mol. The highest BCUT2D eigenvalue weighted by atomic mass is 79.9. The van der Waals surface area contributed by atoms with Crippen molar-refractivity contribution in [3.8, 4) is 11.5 Å². The van der Waals surface area contributed by atoms with Gasteiger partial charge in [0, 0.05) is 34.2 Å². The van der Waals surface area contributed by atoms with Crippen LogP contribution in [-0.2, 0) is 19.0 Å². The van der Waals surface area contributed by atoms with Crippen LogP contribution in [0.25, 0.3) is 0 Å². The number of hydrazine groups is 1. The monoisotopic (exact) mass is 656 g/mol. The third-order valence-electron chi connectivity index (χ3n) is 7.58. The predicted molar refractivity (Wildman–Crippen MR) is 168 cm³/mol. The summed E-state index contributed by atoms with van der Waals surface area (Å²) in [4.78, 5) is 26.3. The number of carbonyl (C=O) groups is 2. The molecule has 10 heteroatoms. The Morgan fingerprint density at radius 3 is 2.26 bits per heavy atom. The number of cyclic esters (lactones) is 1. The van der Waals surface area contributed by atoms with Gasteiger partial charge in [0.05, 0.1) is 30.5 Å². The Morgan fingerprint density at radius 1 is 1.10 bits per heavy atom. The number of halogens is 1. The molecule has 0 bridgehead atoms. The molecule has 1 heterocycles. The van der Waals surface area contributed by atoms with Gasteiger partial charge in [-0.05, 0) is 69.1 Å². The number of amides is 1. The number of benzene rings is 1. The molecule has 0 aliphatic carbocycles. The van der Waals surface area contributed by atoms with Gasteiger partial charge in [-0.3, -0.25) is 4.79 Å². The molecule has 1 aliphatic rings. The van der Waals surface area contributed by atoms with Crippen LogP contribution in [0.3, 0.4) is 0 Å². The molecule has 42 heavy (non-hydrogen) atoms. The SMILES string of the molecule is COCCCOc1cc(C(C(CC(Br)C2CC(C(C)C)C(=O)O2)C(C)C)N(C(=O)OC(C)(C)C)N(C)C)ccc1OC. The maximum absolute atomic E-state index is 13.8. The van der Waals surface area contributed by atoms with E-state index in [1.165, 1.54) is 0 Å². The predicted octanol–water partition coefficient (Wildman–Crippen LogP) is 6.88. The van der Waals surface area contributed by atoms with Crippen molar-refractivity contribution in [2.45, 2.75) is 90.3 Å². The molecule has 0 aromatic heterocycles. The van der Waals surface area contributed by atoms with Crippen LogP contribution in [0.5, 0.6) is 11.5 Å². The van der Waals surface area contributed by atoms with Gasteiger partial charge in [-0.1, -0.05) is 49.7 Å². The lowest BCUT2D eigenvalue weighted by atomic mass is 9.79. The van der Waals surface area contributed by atoms with Crippen molar-refractivity contribution < 1.29 is 33.3 Å². The van der Waals surface area contributed by atoms with Crippen molar-refractivity contribution in [1.29, 1.82) is 0 Å². The van der Waals surface area contributed by atoms with Crippen LogP contribution in [0.1, 0.15) is 79.3 Å². The molecule has 5 unspecified atom stereocenters. The van der Waals surface area contributed by atoms with Gasteiger partial charge < -0.3 is 23.7 Å². The molecule has 2 rings (SSSR count). The summed E-state index contributed by atoms with van der Waals surface area (Å²) >= 11 is 3.89. The molecule has 0 N–H and O–H groups in total. The fourth-order valence-corrected chi connectivity index (χ4v) is 6.11. The number of ether oxygens (including phenoxy) is 5. The first-order chi connectivity index (χ1) is 19.6. The Labute approximate surface area is 261 Å². The molecule has 0 spiro atoms. The van der Waals surface area contributed by atoms with Crippen LogP contribution >= 0.6 is 15.9 Å². The second-order valence-electron chi connectivity index (χ2n) is 12.9. The second kappa shape index (κ2) is 16.1. The number of methoxy groups -OCH3 is 2. The first kappa shape index (κ1) is 36.2. The van der Waals surface area contributed by atoms with E-state index in [9.17, 15) is 9.59 Å². The minimum Gasteiger partial charge on any atom is -0.493 e. The Morgan fingerprint density at radius 2 is 1.76 bits per heavy atom. The van der Waals surface area contributed by atoms with E-state index in [0.717, 1.165) is 12.0 Å². The smallest absolute Gasteiger partial charge is 0.425 e. The molecular formula is C32H53BrN2O7. The number of nitrogens with zero attached hydrogens (tertiary/aromatic N) is 2. The first-order valence-corrected chi connectivity index (χ1v) is 15.9. The maximum atomic E-state index is 13.8. The quantitative estimate of drug-likeness (QED) is 0.0874. The zero-order chi connectivity index (χ0) is 31.8. The van der Waals surface area contributed by atoms with Crippen molar-refractivity contribution in [3.05, 3.63) is 23.8 Å². The average molecular weight is 658 g/mol. The minimum atomic E-state index is -0.680. The number of carbonyl (C=O) groups excluding carboxylic acids is 2. The first-order valence-electron chi connectivity index (χ1n) is 14.9. The molecule has 240 valence electrons. The Hall–Kier alpha value is -2.04. The lowest BCUT2D eigenvalue weighted by Crippen LogP contribution is -2.50. The standard InChI is InChI=1S/C32H53BrN2O7/c1-20(2)23(18-25(33)27-19-24(21(3)4)30(36)41-27)29(35(34(8)9)31(37)42-32(5,6)7)22-13-14-26(39-11)28(17-22)40-16-12-15-38-10/h13-14,17,20-21,23-25,27,29H,12,15-16,18-19H2,1-11H3. The molecule has 1 aromatic carbocycles.